The van der Waals surface area contributed by atoms with Crippen molar-refractivity contribution >= 4 is 35.7 Å². The number of amides is 1. The molecular formula is C20H24BrN3O2Si. The third-order valence-electron chi connectivity index (χ3n) is 5.42. The molecule has 0 unspecified atom stereocenters. The molecule has 0 saturated carbocycles. The first-order chi connectivity index (χ1) is 12.8. The first-order valence-corrected chi connectivity index (χ1v) is 13.8. The first-order valence-electron chi connectivity index (χ1n) is 9.29. The zero-order valence-corrected chi connectivity index (χ0v) is 18.5. The summed E-state index contributed by atoms with van der Waals surface area (Å²) >= 11 is 3.49. The summed E-state index contributed by atoms with van der Waals surface area (Å²) in [6.45, 7) is 7.92. The van der Waals surface area contributed by atoms with Crippen LogP contribution in [0.4, 0.5) is 5.82 Å². The third kappa shape index (κ3) is 3.36. The van der Waals surface area contributed by atoms with Crippen LogP contribution in [0.1, 0.15) is 16.8 Å². The number of carbonyl (C=O) groups is 1. The maximum absolute atomic E-state index is 13.5. The number of ether oxygens (including phenoxy) is 1. The quantitative estimate of drug-likeness (QED) is 0.516. The Hall–Kier alpha value is -1.57. The van der Waals surface area contributed by atoms with E-state index in [2.05, 4.69) is 51.6 Å². The highest BCUT2D eigenvalue weighted by Gasteiger charge is 2.55. The number of hydrogen-bond acceptors (Lipinski definition) is 4. The minimum Gasteiger partial charge on any atom is -0.361 e. The van der Waals surface area contributed by atoms with E-state index >= 15 is 0 Å². The molecule has 1 amide bonds. The highest BCUT2D eigenvalue weighted by Crippen LogP contribution is 2.48. The zero-order valence-electron chi connectivity index (χ0n) is 16.0. The second kappa shape index (κ2) is 6.79. The van der Waals surface area contributed by atoms with Crippen molar-refractivity contribution in [2.45, 2.75) is 43.9 Å². The Bertz CT molecular complexity index is 899. The number of pyridine rings is 2. The number of aromatic nitrogens is 2. The molecule has 142 valence electrons. The van der Waals surface area contributed by atoms with Gasteiger partial charge in [0.05, 0.1) is 5.41 Å². The van der Waals surface area contributed by atoms with Crippen molar-refractivity contribution in [1.29, 1.82) is 0 Å². The van der Waals surface area contributed by atoms with Gasteiger partial charge in [-0.05, 0) is 46.1 Å². The molecule has 5 nitrogen and oxygen atoms in total. The van der Waals surface area contributed by atoms with Gasteiger partial charge in [-0.3, -0.25) is 14.7 Å². The normalized spacial score (nSPS) is 21.0. The van der Waals surface area contributed by atoms with Gasteiger partial charge in [-0.25, -0.2) is 4.98 Å². The van der Waals surface area contributed by atoms with Gasteiger partial charge in [-0.1, -0.05) is 25.7 Å². The van der Waals surface area contributed by atoms with Crippen LogP contribution in [0, 0.1) is 0 Å². The summed E-state index contributed by atoms with van der Waals surface area (Å²) in [7, 11) is -1.16. The molecule has 0 N–H and O–H groups in total. The van der Waals surface area contributed by atoms with Crippen LogP contribution >= 0.6 is 15.9 Å². The second-order valence-electron chi connectivity index (χ2n) is 8.65. The van der Waals surface area contributed by atoms with E-state index in [-0.39, 0.29) is 12.6 Å². The predicted octanol–water partition coefficient (Wildman–Crippen LogP) is 3.93. The van der Waals surface area contributed by atoms with Crippen molar-refractivity contribution < 1.29 is 9.53 Å². The minimum atomic E-state index is -1.16. The smallest absolute Gasteiger partial charge is 0.241 e. The molecule has 1 atom stereocenters. The van der Waals surface area contributed by atoms with Crippen LogP contribution in [0.3, 0.4) is 0 Å². The van der Waals surface area contributed by atoms with Gasteiger partial charge in [0, 0.05) is 49.2 Å². The Morgan fingerprint density at radius 2 is 2.11 bits per heavy atom. The van der Waals surface area contributed by atoms with E-state index in [0.29, 0.717) is 19.4 Å². The number of carbonyl (C=O) groups excluding carboxylic acids is 1. The molecule has 7 heteroatoms. The average molecular weight is 446 g/mol. The summed E-state index contributed by atoms with van der Waals surface area (Å²) in [6, 6.07) is 7.10. The Kier molecular flexibility index (Phi) is 4.72. The van der Waals surface area contributed by atoms with Crippen molar-refractivity contribution in [1.82, 2.24) is 9.97 Å². The number of halogens is 1. The molecule has 2 aromatic rings. The van der Waals surface area contributed by atoms with Gasteiger partial charge in [0.1, 0.15) is 12.5 Å². The van der Waals surface area contributed by atoms with Crippen LogP contribution in [0.15, 0.2) is 35.1 Å². The summed E-state index contributed by atoms with van der Waals surface area (Å²) < 4.78 is 6.84. The highest BCUT2D eigenvalue weighted by molar-refractivity contribution is 9.10. The lowest BCUT2D eigenvalue weighted by molar-refractivity contribution is -0.124. The fourth-order valence-corrected chi connectivity index (χ4v) is 5.08. The maximum Gasteiger partial charge on any atom is 0.241 e. The predicted molar refractivity (Wildman–Crippen MR) is 112 cm³/mol. The minimum absolute atomic E-state index is 0.0818. The van der Waals surface area contributed by atoms with Crippen LogP contribution in [-0.2, 0) is 27.8 Å². The van der Waals surface area contributed by atoms with Crippen molar-refractivity contribution in [2.24, 2.45) is 0 Å². The SMILES string of the molecule is C[Si](C)(C)CCOCN1C(=O)[C@]2(Cc3cc(Br)cnc3C2)c2cccnc21. The standard InChI is InChI=1S/C20H24BrN3O2Si/c1-27(2,3)8-7-26-13-24-18-16(5-4-6-22-18)20(19(24)25)10-14-9-15(21)12-23-17(14)11-20/h4-6,9,12H,7-8,10-11,13H2,1-3H3/t20-/m0/s1. The van der Waals surface area contributed by atoms with E-state index in [4.69, 9.17) is 4.74 Å². The second-order valence-corrected chi connectivity index (χ2v) is 15.2. The van der Waals surface area contributed by atoms with Crippen molar-refractivity contribution in [3.8, 4) is 0 Å². The van der Waals surface area contributed by atoms with E-state index in [9.17, 15) is 4.79 Å². The fourth-order valence-electron chi connectivity index (χ4n) is 3.95. The molecule has 4 rings (SSSR count). The summed E-state index contributed by atoms with van der Waals surface area (Å²) in [5.74, 6) is 0.820. The molecule has 1 aliphatic heterocycles. The van der Waals surface area contributed by atoms with Gasteiger partial charge in [0.25, 0.3) is 0 Å². The third-order valence-corrected chi connectivity index (χ3v) is 7.55. The van der Waals surface area contributed by atoms with Crippen LogP contribution in [0.2, 0.25) is 25.7 Å². The summed E-state index contributed by atoms with van der Waals surface area (Å²) in [5.41, 5.74) is 2.54. The van der Waals surface area contributed by atoms with Gasteiger partial charge in [0.15, 0.2) is 0 Å². The average Bonchev–Trinajstić information content (AvgIpc) is 3.09. The van der Waals surface area contributed by atoms with Gasteiger partial charge in [-0.15, -0.1) is 0 Å². The molecule has 0 radical (unpaired) electrons. The lowest BCUT2D eigenvalue weighted by Crippen LogP contribution is -2.42. The van der Waals surface area contributed by atoms with Crippen molar-refractivity contribution in [2.75, 3.05) is 18.2 Å². The molecule has 0 bridgehead atoms. The van der Waals surface area contributed by atoms with E-state index in [1.165, 1.54) is 0 Å². The molecule has 2 aromatic heterocycles. The zero-order chi connectivity index (χ0) is 19.2. The summed E-state index contributed by atoms with van der Waals surface area (Å²) in [5, 5.41) is 0. The monoisotopic (exact) mass is 445 g/mol. The van der Waals surface area contributed by atoms with Crippen LogP contribution in [-0.4, -0.2) is 37.3 Å². The number of fused-ring (bicyclic) bond motifs is 3. The Labute approximate surface area is 169 Å². The summed E-state index contributed by atoms with van der Waals surface area (Å²) in [4.78, 5) is 24.3. The molecule has 1 spiro atoms. The van der Waals surface area contributed by atoms with Crippen LogP contribution in [0.5, 0.6) is 0 Å². The molecule has 0 saturated heterocycles. The number of nitrogens with zero attached hydrogens (tertiary/aromatic N) is 3. The maximum atomic E-state index is 13.5. The topological polar surface area (TPSA) is 55.3 Å². The molecule has 27 heavy (non-hydrogen) atoms. The number of hydrogen-bond donors (Lipinski definition) is 0. The van der Waals surface area contributed by atoms with E-state index in [1.54, 1.807) is 17.3 Å². The first kappa shape index (κ1) is 18.8. The van der Waals surface area contributed by atoms with Gasteiger partial charge in [-0.2, -0.15) is 0 Å². The van der Waals surface area contributed by atoms with Gasteiger partial charge >= 0.3 is 0 Å². The molecule has 3 heterocycles. The Morgan fingerprint density at radius 3 is 2.89 bits per heavy atom. The Morgan fingerprint density at radius 1 is 1.30 bits per heavy atom. The van der Waals surface area contributed by atoms with Crippen LogP contribution in [0.25, 0.3) is 0 Å². The Balaban J connectivity index is 1.60. The van der Waals surface area contributed by atoms with Gasteiger partial charge < -0.3 is 4.74 Å². The lowest BCUT2D eigenvalue weighted by Gasteiger charge is -2.23. The lowest BCUT2D eigenvalue weighted by atomic mass is 9.80. The van der Waals surface area contributed by atoms with Gasteiger partial charge in [0.2, 0.25) is 5.91 Å². The van der Waals surface area contributed by atoms with E-state index < -0.39 is 13.5 Å². The highest BCUT2D eigenvalue weighted by atomic mass is 79.9. The molecule has 0 fully saturated rings. The van der Waals surface area contributed by atoms with E-state index in [0.717, 1.165) is 33.2 Å². The fraction of sp³-hybridized carbons (Fsp3) is 0.450. The van der Waals surface area contributed by atoms with E-state index in [1.807, 2.05) is 12.1 Å². The number of rotatable bonds is 5. The number of anilines is 1. The molecule has 0 aromatic carbocycles. The van der Waals surface area contributed by atoms with Crippen LogP contribution < -0.4 is 4.90 Å². The summed E-state index contributed by atoms with van der Waals surface area (Å²) in [6.07, 6.45) is 4.84. The molecule has 1 aliphatic carbocycles. The largest absolute Gasteiger partial charge is 0.361 e. The molecular weight excluding hydrogens is 422 g/mol. The van der Waals surface area contributed by atoms with Crippen molar-refractivity contribution in [3.63, 3.8) is 0 Å². The molecule has 2 aliphatic rings. The van der Waals surface area contributed by atoms with Crippen molar-refractivity contribution in [3.05, 3.63) is 51.9 Å².